The van der Waals surface area contributed by atoms with Crippen molar-refractivity contribution in [3.8, 4) is 0 Å². The summed E-state index contributed by atoms with van der Waals surface area (Å²) in [5.74, 6) is 0. The molecule has 1 aromatic heterocycles. The third-order valence-corrected chi connectivity index (χ3v) is 2.56. The van der Waals surface area contributed by atoms with Crippen molar-refractivity contribution in [2.24, 2.45) is 5.73 Å². The molecule has 1 unspecified atom stereocenters. The largest absolute Gasteiger partial charge is 0.380 e. The van der Waals surface area contributed by atoms with Crippen molar-refractivity contribution < 1.29 is 4.74 Å². The first kappa shape index (κ1) is 9.71. The molecule has 1 atom stereocenters. The van der Waals surface area contributed by atoms with Crippen LogP contribution in [0.5, 0.6) is 0 Å². The smallest absolute Gasteiger partial charge is 0.0659 e. The summed E-state index contributed by atoms with van der Waals surface area (Å²) in [6, 6.07) is 2.16. The van der Waals surface area contributed by atoms with E-state index in [4.69, 9.17) is 10.5 Å². The minimum absolute atomic E-state index is 0.0369. The van der Waals surface area contributed by atoms with Gasteiger partial charge in [-0.3, -0.25) is 0 Å². The summed E-state index contributed by atoms with van der Waals surface area (Å²) in [5.41, 5.74) is 7.06. The number of aryl methyl sites for hydroxylation is 1. The first-order valence-electron chi connectivity index (χ1n) is 4.12. The minimum Gasteiger partial charge on any atom is -0.380 e. The molecule has 1 aromatic rings. The lowest BCUT2D eigenvalue weighted by atomic mass is 10.2. The molecule has 2 N–H and O–H groups in total. The Kier molecular flexibility index (Phi) is 3.72. The minimum atomic E-state index is 0.0369. The van der Waals surface area contributed by atoms with E-state index < -0.39 is 0 Å². The lowest BCUT2D eigenvalue weighted by Gasteiger charge is -2.08. The van der Waals surface area contributed by atoms with Gasteiger partial charge in [0.2, 0.25) is 0 Å². The fourth-order valence-corrected chi connectivity index (χ4v) is 1.77. The van der Waals surface area contributed by atoms with Crippen molar-refractivity contribution in [1.82, 2.24) is 0 Å². The number of ether oxygens (including phenoxy) is 1. The number of hydrogen-bond acceptors (Lipinski definition) is 3. The Balaban J connectivity index is 2.47. The van der Waals surface area contributed by atoms with Gasteiger partial charge in [0.25, 0.3) is 0 Å². The Morgan fingerprint density at radius 3 is 2.92 bits per heavy atom. The van der Waals surface area contributed by atoms with E-state index in [-0.39, 0.29) is 6.04 Å². The van der Waals surface area contributed by atoms with Crippen LogP contribution in [-0.2, 0) is 4.74 Å². The van der Waals surface area contributed by atoms with E-state index in [1.54, 1.807) is 11.3 Å². The summed E-state index contributed by atoms with van der Waals surface area (Å²) < 4.78 is 5.24. The quantitative estimate of drug-likeness (QED) is 0.779. The molecule has 0 radical (unpaired) electrons. The van der Waals surface area contributed by atoms with Crippen LogP contribution >= 0.6 is 11.3 Å². The highest BCUT2D eigenvalue weighted by Gasteiger charge is 2.06. The third kappa shape index (κ3) is 2.59. The third-order valence-electron chi connectivity index (χ3n) is 1.68. The highest BCUT2D eigenvalue weighted by atomic mass is 32.1. The molecule has 68 valence electrons. The molecule has 0 amide bonds. The Morgan fingerprint density at radius 1 is 1.67 bits per heavy atom. The molecular weight excluding hydrogens is 170 g/mol. The molecule has 12 heavy (non-hydrogen) atoms. The Hall–Kier alpha value is -0.380. The summed E-state index contributed by atoms with van der Waals surface area (Å²) in [7, 11) is 0. The predicted molar refractivity (Wildman–Crippen MR) is 52.5 cm³/mol. The second-order valence-electron chi connectivity index (χ2n) is 2.76. The molecule has 0 fully saturated rings. The van der Waals surface area contributed by atoms with Gasteiger partial charge in [-0.1, -0.05) is 0 Å². The van der Waals surface area contributed by atoms with E-state index in [1.165, 1.54) is 10.4 Å². The molecule has 0 aliphatic carbocycles. The zero-order valence-corrected chi connectivity index (χ0v) is 8.36. The standard InChI is InChI=1S/C9H15NOS/c1-3-11-5-9(10)8-4-7(2)12-6-8/h4,6,9H,3,5,10H2,1-2H3. The van der Waals surface area contributed by atoms with Crippen LogP contribution in [0.1, 0.15) is 23.4 Å². The molecule has 0 aliphatic heterocycles. The van der Waals surface area contributed by atoms with Crippen molar-refractivity contribution in [1.29, 1.82) is 0 Å². The monoisotopic (exact) mass is 185 g/mol. The molecular formula is C9H15NOS. The average molecular weight is 185 g/mol. The van der Waals surface area contributed by atoms with E-state index in [2.05, 4.69) is 18.4 Å². The second-order valence-corrected chi connectivity index (χ2v) is 3.87. The highest BCUT2D eigenvalue weighted by Crippen LogP contribution is 2.18. The number of rotatable bonds is 4. The summed E-state index contributed by atoms with van der Waals surface area (Å²) in [6.07, 6.45) is 0. The van der Waals surface area contributed by atoms with E-state index in [1.807, 2.05) is 6.92 Å². The van der Waals surface area contributed by atoms with Crippen LogP contribution in [0.2, 0.25) is 0 Å². The van der Waals surface area contributed by atoms with Gasteiger partial charge in [-0.2, -0.15) is 0 Å². The van der Waals surface area contributed by atoms with Crippen LogP contribution in [0, 0.1) is 6.92 Å². The maximum Gasteiger partial charge on any atom is 0.0659 e. The predicted octanol–water partition coefficient (Wildman–Crippen LogP) is 2.09. The van der Waals surface area contributed by atoms with Crippen LogP contribution in [-0.4, -0.2) is 13.2 Å². The van der Waals surface area contributed by atoms with Crippen LogP contribution in [0.15, 0.2) is 11.4 Å². The zero-order chi connectivity index (χ0) is 8.97. The fourth-order valence-electron chi connectivity index (χ4n) is 0.999. The first-order chi connectivity index (χ1) is 5.74. The van der Waals surface area contributed by atoms with Crippen molar-refractivity contribution >= 4 is 11.3 Å². The average Bonchev–Trinajstić information content (AvgIpc) is 2.47. The van der Waals surface area contributed by atoms with Crippen molar-refractivity contribution in [3.63, 3.8) is 0 Å². The van der Waals surface area contributed by atoms with Gasteiger partial charge in [-0.05, 0) is 30.9 Å². The van der Waals surface area contributed by atoms with Crippen LogP contribution in [0.4, 0.5) is 0 Å². The lowest BCUT2D eigenvalue weighted by molar-refractivity contribution is 0.133. The molecule has 0 aliphatic rings. The topological polar surface area (TPSA) is 35.2 Å². The van der Waals surface area contributed by atoms with Gasteiger partial charge in [0.15, 0.2) is 0 Å². The van der Waals surface area contributed by atoms with Gasteiger partial charge < -0.3 is 10.5 Å². The van der Waals surface area contributed by atoms with Gasteiger partial charge in [0, 0.05) is 11.5 Å². The zero-order valence-electron chi connectivity index (χ0n) is 7.54. The Bertz CT molecular complexity index is 234. The molecule has 0 saturated heterocycles. The molecule has 0 saturated carbocycles. The molecule has 3 heteroatoms. The van der Waals surface area contributed by atoms with Gasteiger partial charge >= 0.3 is 0 Å². The maximum absolute atomic E-state index is 5.88. The van der Waals surface area contributed by atoms with Crippen molar-refractivity contribution in [3.05, 3.63) is 21.9 Å². The lowest BCUT2D eigenvalue weighted by Crippen LogP contribution is -2.16. The van der Waals surface area contributed by atoms with Gasteiger partial charge in [-0.25, -0.2) is 0 Å². The summed E-state index contributed by atoms with van der Waals surface area (Å²) in [5, 5.41) is 2.10. The van der Waals surface area contributed by atoms with Crippen molar-refractivity contribution in [2.75, 3.05) is 13.2 Å². The molecule has 1 rings (SSSR count). The molecule has 1 heterocycles. The van der Waals surface area contributed by atoms with Crippen LogP contribution < -0.4 is 5.73 Å². The van der Waals surface area contributed by atoms with E-state index in [0.717, 1.165) is 6.61 Å². The maximum atomic E-state index is 5.88. The molecule has 0 spiro atoms. The van der Waals surface area contributed by atoms with Crippen LogP contribution in [0.3, 0.4) is 0 Å². The van der Waals surface area contributed by atoms with Gasteiger partial charge in [0.1, 0.15) is 0 Å². The van der Waals surface area contributed by atoms with Gasteiger partial charge in [0.05, 0.1) is 12.6 Å². The molecule has 0 bridgehead atoms. The van der Waals surface area contributed by atoms with Crippen LogP contribution in [0.25, 0.3) is 0 Å². The Labute approximate surface area is 77.3 Å². The van der Waals surface area contributed by atoms with Gasteiger partial charge in [-0.15, -0.1) is 11.3 Å². The fraction of sp³-hybridized carbons (Fsp3) is 0.556. The van der Waals surface area contributed by atoms with E-state index >= 15 is 0 Å². The normalized spacial score (nSPS) is 13.2. The van der Waals surface area contributed by atoms with Crippen molar-refractivity contribution in [2.45, 2.75) is 19.9 Å². The first-order valence-corrected chi connectivity index (χ1v) is 5.00. The van der Waals surface area contributed by atoms with E-state index in [9.17, 15) is 0 Å². The Morgan fingerprint density at radius 2 is 2.42 bits per heavy atom. The van der Waals surface area contributed by atoms with E-state index in [0.29, 0.717) is 6.61 Å². The molecule has 2 nitrogen and oxygen atoms in total. The summed E-state index contributed by atoms with van der Waals surface area (Å²) in [6.45, 7) is 5.41. The second kappa shape index (κ2) is 4.60. The SMILES string of the molecule is CCOCC(N)c1csc(C)c1. The molecule has 0 aromatic carbocycles. The summed E-state index contributed by atoms with van der Waals surface area (Å²) in [4.78, 5) is 1.30. The highest BCUT2D eigenvalue weighted by molar-refractivity contribution is 7.10. The number of hydrogen-bond donors (Lipinski definition) is 1. The number of thiophene rings is 1. The summed E-state index contributed by atoms with van der Waals surface area (Å²) >= 11 is 1.73. The number of nitrogens with two attached hydrogens (primary N) is 1.